The number of piperidine rings is 1. The molecule has 30 heavy (non-hydrogen) atoms. The molecule has 0 radical (unpaired) electrons. The summed E-state index contributed by atoms with van der Waals surface area (Å²) >= 11 is 10.0. The first-order valence-corrected chi connectivity index (χ1v) is 11.3. The normalized spacial score (nSPS) is 14.6. The second-order valence-electron chi connectivity index (χ2n) is 7.66. The standard InChI is InChI=1S/C23H22BrClN4O/c1-30-17-8-5-15(6-9-17)14-29-19-10-7-16(24)13-18(19)20-21(29)22(27-23(25)26-20)28-11-3-2-4-12-28/h5-10,13H,2-4,11-12,14H2,1H3. The Hall–Kier alpha value is -2.31. The van der Waals surface area contributed by atoms with E-state index in [2.05, 4.69) is 60.7 Å². The summed E-state index contributed by atoms with van der Waals surface area (Å²) in [6, 6.07) is 14.5. The first kappa shape index (κ1) is 19.6. The molecule has 1 aliphatic rings. The van der Waals surface area contributed by atoms with Gasteiger partial charge in [-0.1, -0.05) is 28.1 Å². The van der Waals surface area contributed by atoms with Crippen LogP contribution in [0.2, 0.25) is 5.28 Å². The Morgan fingerprint density at radius 1 is 1.03 bits per heavy atom. The molecule has 5 nitrogen and oxygen atoms in total. The van der Waals surface area contributed by atoms with Gasteiger partial charge in [0.15, 0.2) is 5.82 Å². The maximum Gasteiger partial charge on any atom is 0.225 e. The number of hydrogen-bond acceptors (Lipinski definition) is 4. The van der Waals surface area contributed by atoms with Crippen LogP contribution >= 0.6 is 27.5 Å². The summed E-state index contributed by atoms with van der Waals surface area (Å²) in [5, 5.41) is 1.38. The lowest BCUT2D eigenvalue weighted by Crippen LogP contribution is -2.30. The fraction of sp³-hybridized carbons (Fsp3) is 0.304. The molecule has 5 rings (SSSR count). The highest BCUT2D eigenvalue weighted by Crippen LogP contribution is 2.37. The summed E-state index contributed by atoms with van der Waals surface area (Å²) in [7, 11) is 1.69. The summed E-state index contributed by atoms with van der Waals surface area (Å²) in [4.78, 5) is 11.7. The average Bonchev–Trinajstić information content (AvgIpc) is 3.07. The van der Waals surface area contributed by atoms with Crippen LogP contribution in [0.25, 0.3) is 21.9 Å². The number of ether oxygens (including phenoxy) is 1. The van der Waals surface area contributed by atoms with Gasteiger partial charge in [0.1, 0.15) is 16.8 Å². The molecule has 0 aliphatic carbocycles. The van der Waals surface area contributed by atoms with Crippen molar-refractivity contribution in [3.8, 4) is 5.75 Å². The first-order valence-electron chi connectivity index (χ1n) is 10.2. The quantitative estimate of drug-likeness (QED) is 0.330. The zero-order valence-electron chi connectivity index (χ0n) is 16.7. The minimum Gasteiger partial charge on any atom is -0.497 e. The molecule has 2 aromatic carbocycles. The third-order valence-electron chi connectivity index (χ3n) is 5.77. The van der Waals surface area contributed by atoms with Crippen molar-refractivity contribution in [2.24, 2.45) is 0 Å². The van der Waals surface area contributed by atoms with Crippen molar-refractivity contribution in [1.82, 2.24) is 14.5 Å². The highest BCUT2D eigenvalue weighted by Gasteiger charge is 2.23. The topological polar surface area (TPSA) is 43.2 Å². The molecular weight excluding hydrogens is 464 g/mol. The van der Waals surface area contributed by atoms with Gasteiger partial charge in [-0.3, -0.25) is 0 Å². The Labute approximate surface area is 188 Å². The summed E-state index contributed by atoms with van der Waals surface area (Å²) in [5.41, 5.74) is 4.27. The molecule has 154 valence electrons. The average molecular weight is 486 g/mol. The maximum absolute atomic E-state index is 6.40. The number of aromatic nitrogens is 3. The van der Waals surface area contributed by atoms with Crippen molar-refractivity contribution >= 4 is 55.3 Å². The number of hydrogen-bond donors (Lipinski definition) is 0. The van der Waals surface area contributed by atoms with Gasteiger partial charge in [0, 0.05) is 29.5 Å². The van der Waals surface area contributed by atoms with Gasteiger partial charge < -0.3 is 14.2 Å². The number of anilines is 1. The molecule has 4 aromatic rings. The van der Waals surface area contributed by atoms with Crippen LogP contribution in [0, 0.1) is 0 Å². The summed E-state index contributed by atoms with van der Waals surface area (Å²) in [5.74, 6) is 1.79. The van der Waals surface area contributed by atoms with Gasteiger partial charge >= 0.3 is 0 Å². The second-order valence-corrected chi connectivity index (χ2v) is 8.91. The molecule has 0 spiro atoms. The zero-order valence-corrected chi connectivity index (χ0v) is 19.1. The highest BCUT2D eigenvalue weighted by molar-refractivity contribution is 9.10. The number of methoxy groups -OCH3 is 1. The van der Waals surface area contributed by atoms with Crippen LogP contribution in [-0.2, 0) is 6.54 Å². The molecule has 1 fully saturated rings. The number of rotatable bonds is 4. The van der Waals surface area contributed by atoms with E-state index < -0.39 is 0 Å². The van der Waals surface area contributed by atoms with E-state index in [1.807, 2.05) is 12.1 Å². The molecule has 0 unspecified atom stereocenters. The monoisotopic (exact) mass is 484 g/mol. The van der Waals surface area contributed by atoms with Crippen molar-refractivity contribution in [1.29, 1.82) is 0 Å². The number of fused-ring (bicyclic) bond motifs is 3. The van der Waals surface area contributed by atoms with Crippen LogP contribution in [0.4, 0.5) is 5.82 Å². The van der Waals surface area contributed by atoms with Crippen LogP contribution in [0.5, 0.6) is 5.75 Å². The van der Waals surface area contributed by atoms with Gasteiger partial charge in [-0.2, -0.15) is 4.98 Å². The van der Waals surface area contributed by atoms with Gasteiger partial charge in [-0.15, -0.1) is 0 Å². The van der Waals surface area contributed by atoms with E-state index in [4.69, 9.17) is 21.3 Å². The summed E-state index contributed by atoms with van der Waals surface area (Å²) < 4.78 is 8.66. The van der Waals surface area contributed by atoms with Crippen molar-refractivity contribution in [3.63, 3.8) is 0 Å². The predicted molar refractivity (Wildman–Crippen MR) is 126 cm³/mol. The van der Waals surface area contributed by atoms with E-state index in [9.17, 15) is 0 Å². The van der Waals surface area contributed by atoms with Gasteiger partial charge in [0.25, 0.3) is 0 Å². The minimum atomic E-state index is 0.298. The Bertz CT molecular complexity index is 1220. The lowest BCUT2D eigenvalue weighted by atomic mass is 10.1. The first-order chi connectivity index (χ1) is 14.6. The van der Waals surface area contributed by atoms with E-state index in [-0.39, 0.29) is 0 Å². The van der Waals surface area contributed by atoms with Crippen LogP contribution in [-0.4, -0.2) is 34.7 Å². The Morgan fingerprint density at radius 2 is 1.80 bits per heavy atom. The predicted octanol–water partition coefficient (Wildman–Crippen LogP) is 6.05. The molecule has 1 saturated heterocycles. The molecule has 0 atom stereocenters. The van der Waals surface area contributed by atoms with Crippen molar-refractivity contribution in [3.05, 3.63) is 57.8 Å². The van der Waals surface area contributed by atoms with Crippen LogP contribution in [0.15, 0.2) is 46.9 Å². The fourth-order valence-corrected chi connectivity index (χ4v) is 4.84. The van der Waals surface area contributed by atoms with Crippen molar-refractivity contribution in [2.45, 2.75) is 25.8 Å². The minimum absolute atomic E-state index is 0.298. The zero-order chi connectivity index (χ0) is 20.7. The lowest BCUT2D eigenvalue weighted by Gasteiger charge is -2.28. The molecule has 0 bridgehead atoms. The Balaban J connectivity index is 1.75. The molecular formula is C23H22BrClN4O. The molecule has 1 aliphatic heterocycles. The third kappa shape index (κ3) is 3.52. The lowest BCUT2D eigenvalue weighted by molar-refractivity contribution is 0.414. The van der Waals surface area contributed by atoms with Gasteiger partial charge in [0.2, 0.25) is 5.28 Å². The fourth-order valence-electron chi connectivity index (χ4n) is 4.31. The van der Waals surface area contributed by atoms with E-state index in [1.165, 1.54) is 24.8 Å². The molecule has 0 N–H and O–H groups in total. The second kappa shape index (κ2) is 8.08. The van der Waals surface area contributed by atoms with Crippen LogP contribution < -0.4 is 9.64 Å². The molecule has 0 amide bonds. The van der Waals surface area contributed by atoms with E-state index in [0.717, 1.165) is 57.6 Å². The highest BCUT2D eigenvalue weighted by atomic mass is 79.9. The van der Waals surface area contributed by atoms with E-state index >= 15 is 0 Å². The number of halogens is 2. The Kier molecular flexibility index (Phi) is 5.29. The van der Waals surface area contributed by atoms with Crippen LogP contribution in [0.3, 0.4) is 0 Å². The van der Waals surface area contributed by atoms with Gasteiger partial charge in [0.05, 0.1) is 12.6 Å². The van der Waals surface area contributed by atoms with E-state index in [0.29, 0.717) is 5.28 Å². The number of nitrogens with zero attached hydrogens (tertiary/aromatic N) is 4. The largest absolute Gasteiger partial charge is 0.497 e. The molecule has 7 heteroatoms. The summed E-state index contributed by atoms with van der Waals surface area (Å²) in [6.07, 6.45) is 3.61. The molecule has 3 heterocycles. The Morgan fingerprint density at radius 3 is 2.53 bits per heavy atom. The SMILES string of the molecule is COc1ccc(Cn2c3ccc(Br)cc3c3nc(Cl)nc(N4CCCCC4)c32)cc1. The number of benzene rings is 2. The molecule has 0 saturated carbocycles. The van der Waals surface area contributed by atoms with E-state index in [1.54, 1.807) is 7.11 Å². The molecule has 2 aromatic heterocycles. The van der Waals surface area contributed by atoms with Crippen LogP contribution in [0.1, 0.15) is 24.8 Å². The van der Waals surface area contributed by atoms with Crippen molar-refractivity contribution < 1.29 is 4.74 Å². The van der Waals surface area contributed by atoms with Crippen molar-refractivity contribution in [2.75, 3.05) is 25.1 Å². The van der Waals surface area contributed by atoms with Gasteiger partial charge in [-0.05, 0) is 66.8 Å². The third-order valence-corrected chi connectivity index (χ3v) is 6.43. The van der Waals surface area contributed by atoms with Gasteiger partial charge in [-0.25, -0.2) is 4.98 Å². The maximum atomic E-state index is 6.40. The summed E-state index contributed by atoms with van der Waals surface area (Å²) in [6.45, 7) is 2.71. The smallest absolute Gasteiger partial charge is 0.225 e.